The Kier molecular flexibility index (Phi) is 6.82. The van der Waals surface area contributed by atoms with Crippen molar-refractivity contribution in [3.8, 4) is 11.1 Å². The van der Waals surface area contributed by atoms with Crippen LogP contribution in [0.3, 0.4) is 0 Å². The van der Waals surface area contributed by atoms with E-state index in [0.29, 0.717) is 18.1 Å². The summed E-state index contributed by atoms with van der Waals surface area (Å²) >= 11 is 5.93. The largest absolute Gasteiger partial charge is 0.481 e. The van der Waals surface area contributed by atoms with Gasteiger partial charge in [-0.1, -0.05) is 77.4 Å². The van der Waals surface area contributed by atoms with Gasteiger partial charge in [-0.05, 0) is 39.9 Å². The van der Waals surface area contributed by atoms with Crippen molar-refractivity contribution >= 4 is 23.8 Å². The summed E-state index contributed by atoms with van der Waals surface area (Å²) in [5, 5.41) is 13.6. The smallest absolute Gasteiger partial charge is 0.307 e. The SMILES string of the molecule is O=C(O)Cc1cccc(-c2ccc(CC=NOCc3cccc(Cl)c3)cc2)c1. The zero-order valence-corrected chi connectivity index (χ0v) is 16.0. The predicted molar refractivity (Wildman–Crippen MR) is 112 cm³/mol. The Bertz CT molecular complexity index is 968. The molecule has 0 saturated carbocycles. The number of halogens is 1. The van der Waals surface area contributed by atoms with E-state index < -0.39 is 5.97 Å². The van der Waals surface area contributed by atoms with Gasteiger partial charge in [-0.15, -0.1) is 0 Å². The predicted octanol–water partition coefficient (Wildman–Crippen LogP) is 5.38. The number of hydrogen-bond donors (Lipinski definition) is 1. The molecule has 0 atom stereocenters. The van der Waals surface area contributed by atoms with Gasteiger partial charge in [0.25, 0.3) is 0 Å². The highest BCUT2D eigenvalue weighted by Gasteiger charge is 2.03. The molecule has 0 fully saturated rings. The second-order valence-electron chi connectivity index (χ2n) is 6.36. The molecule has 0 aliphatic rings. The maximum absolute atomic E-state index is 10.9. The Morgan fingerprint density at radius 3 is 2.43 bits per heavy atom. The molecule has 28 heavy (non-hydrogen) atoms. The molecule has 0 saturated heterocycles. The van der Waals surface area contributed by atoms with Gasteiger partial charge in [0.1, 0.15) is 6.61 Å². The van der Waals surface area contributed by atoms with Crippen LogP contribution in [0.4, 0.5) is 0 Å². The van der Waals surface area contributed by atoms with Crippen molar-refractivity contribution < 1.29 is 14.7 Å². The first-order valence-corrected chi connectivity index (χ1v) is 9.26. The van der Waals surface area contributed by atoms with Crippen molar-refractivity contribution in [1.29, 1.82) is 0 Å². The van der Waals surface area contributed by atoms with Gasteiger partial charge in [0.05, 0.1) is 6.42 Å². The number of carboxylic acids is 1. The third kappa shape index (κ3) is 5.96. The van der Waals surface area contributed by atoms with Gasteiger partial charge in [-0.3, -0.25) is 4.79 Å². The van der Waals surface area contributed by atoms with E-state index in [2.05, 4.69) is 5.16 Å². The molecule has 0 radical (unpaired) electrons. The van der Waals surface area contributed by atoms with E-state index in [4.69, 9.17) is 21.5 Å². The first kappa shape index (κ1) is 19.6. The molecule has 0 aliphatic carbocycles. The molecule has 142 valence electrons. The number of carbonyl (C=O) groups is 1. The molecule has 0 unspecified atom stereocenters. The number of carboxylic acid groups (broad SMARTS) is 1. The summed E-state index contributed by atoms with van der Waals surface area (Å²) in [5.74, 6) is -0.829. The number of rotatable bonds is 8. The number of benzene rings is 3. The fraction of sp³-hybridized carbons (Fsp3) is 0.130. The van der Waals surface area contributed by atoms with Crippen molar-refractivity contribution in [3.05, 3.63) is 94.5 Å². The van der Waals surface area contributed by atoms with E-state index in [0.717, 1.165) is 27.8 Å². The fourth-order valence-electron chi connectivity index (χ4n) is 2.80. The molecule has 0 spiro atoms. The zero-order valence-electron chi connectivity index (χ0n) is 15.2. The molecule has 0 bridgehead atoms. The van der Waals surface area contributed by atoms with Crippen molar-refractivity contribution in [2.24, 2.45) is 5.16 Å². The van der Waals surface area contributed by atoms with E-state index >= 15 is 0 Å². The summed E-state index contributed by atoms with van der Waals surface area (Å²) in [6, 6.07) is 23.2. The fourth-order valence-corrected chi connectivity index (χ4v) is 3.02. The van der Waals surface area contributed by atoms with Crippen LogP contribution < -0.4 is 0 Å². The highest BCUT2D eigenvalue weighted by Crippen LogP contribution is 2.21. The van der Waals surface area contributed by atoms with Gasteiger partial charge in [-0.25, -0.2) is 0 Å². The highest BCUT2D eigenvalue weighted by atomic mass is 35.5. The van der Waals surface area contributed by atoms with Gasteiger partial charge in [0.15, 0.2) is 0 Å². The lowest BCUT2D eigenvalue weighted by Crippen LogP contribution is -1.99. The topological polar surface area (TPSA) is 58.9 Å². The zero-order chi connectivity index (χ0) is 19.8. The van der Waals surface area contributed by atoms with Gasteiger partial charge in [0.2, 0.25) is 0 Å². The number of nitrogens with zero attached hydrogens (tertiary/aromatic N) is 1. The van der Waals surface area contributed by atoms with Crippen LogP contribution >= 0.6 is 11.6 Å². The second-order valence-corrected chi connectivity index (χ2v) is 6.80. The van der Waals surface area contributed by atoms with E-state index in [1.165, 1.54) is 0 Å². The molecular formula is C23H20ClNO3. The standard InChI is InChI=1S/C23H20ClNO3/c24-22-6-2-4-19(14-22)16-28-25-12-11-17-7-9-20(10-8-17)21-5-1-3-18(13-21)15-23(26)27/h1-10,12-14H,11,15-16H2,(H,26,27). The maximum Gasteiger partial charge on any atom is 0.307 e. The van der Waals surface area contributed by atoms with E-state index in [1.807, 2.05) is 72.8 Å². The van der Waals surface area contributed by atoms with Crippen molar-refractivity contribution in [3.63, 3.8) is 0 Å². The molecule has 0 aromatic heterocycles. The molecule has 1 N–H and O–H groups in total. The van der Waals surface area contributed by atoms with E-state index in [9.17, 15) is 4.79 Å². The Morgan fingerprint density at radius 2 is 1.68 bits per heavy atom. The van der Waals surface area contributed by atoms with E-state index in [-0.39, 0.29) is 6.42 Å². The van der Waals surface area contributed by atoms with Gasteiger partial charge >= 0.3 is 5.97 Å². The quantitative estimate of drug-likeness (QED) is 0.413. The van der Waals surface area contributed by atoms with Crippen molar-refractivity contribution in [1.82, 2.24) is 0 Å². The van der Waals surface area contributed by atoms with Crippen LogP contribution in [0.1, 0.15) is 16.7 Å². The Morgan fingerprint density at radius 1 is 0.929 bits per heavy atom. The third-order valence-electron chi connectivity index (χ3n) is 4.17. The van der Waals surface area contributed by atoms with Crippen LogP contribution in [0.25, 0.3) is 11.1 Å². The summed E-state index contributed by atoms with van der Waals surface area (Å²) in [6.07, 6.45) is 2.42. The molecule has 0 aliphatic heterocycles. The normalized spacial score (nSPS) is 10.9. The average Bonchev–Trinajstić information content (AvgIpc) is 2.68. The van der Waals surface area contributed by atoms with Gasteiger partial charge in [0, 0.05) is 17.7 Å². The van der Waals surface area contributed by atoms with Gasteiger partial charge < -0.3 is 9.94 Å². The minimum Gasteiger partial charge on any atom is -0.481 e. The van der Waals surface area contributed by atoms with Crippen LogP contribution in [-0.2, 0) is 29.1 Å². The lowest BCUT2D eigenvalue weighted by Gasteiger charge is -2.05. The molecule has 4 nitrogen and oxygen atoms in total. The summed E-state index contributed by atoms with van der Waals surface area (Å²) in [7, 11) is 0. The first-order chi connectivity index (χ1) is 13.6. The average molecular weight is 394 g/mol. The molecule has 3 rings (SSSR count). The monoisotopic (exact) mass is 393 g/mol. The van der Waals surface area contributed by atoms with Crippen LogP contribution in [0, 0.1) is 0 Å². The first-order valence-electron chi connectivity index (χ1n) is 8.88. The second kappa shape index (κ2) is 9.72. The Balaban J connectivity index is 1.53. The minimum atomic E-state index is -0.829. The maximum atomic E-state index is 10.9. The number of oxime groups is 1. The van der Waals surface area contributed by atoms with Crippen LogP contribution in [0.15, 0.2) is 78.0 Å². The summed E-state index contributed by atoms with van der Waals surface area (Å²) < 4.78 is 0. The Hall–Kier alpha value is -3.11. The molecule has 3 aromatic rings. The summed E-state index contributed by atoms with van der Waals surface area (Å²) in [4.78, 5) is 16.2. The molecule has 0 heterocycles. The summed E-state index contributed by atoms with van der Waals surface area (Å²) in [5.41, 5.74) is 4.92. The van der Waals surface area contributed by atoms with Gasteiger partial charge in [-0.2, -0.15) is 0 Å². The minimum absolute atomic E-state index is 0.0254. The summed E-state index contributed by atoms with van der Waals surface area (Å²) in [6.45, 7) is 0.378. The lowest BCUT2D eigenvalue weighted by molar-refractivity contribution is -0.136. The molecule has 3 aromatic carbocycles. The highest BCUT2D eigenvalue weighted by molar-refractivity contribution is 6.30. The molecule has 0 amide bonds. The molecule has 5 heteroatoms. The van der Waals surface area contributed by atoms with Crippen LogP contribution in [-0.4, -0.2) is 17.3 Å². The van der Waals surface area contributed by atoms with E-state index in [1.54, 1.807) is 6.21 Å². The Labute approximate surface area is 169 Å². The number of hydrogen-bond acceptors (Lipinski definition) is 3. The molecular weight excluding hydrogens is 374 g/mol. The third-order valence-corrected chi connectivity index (χ3v) is 4.40. The van der Waals surface area contributed by atoms with Crippen molar-refractivity contribution in [2.75, 3.05) is 0 Å². The number of aliphatic carboxylic acids is 1. The lowest BCUT2D eigenvalue weighted by atomic mass is 10.0. The van der Waals surface area contributed by atoms with Crippen LogP contribution in [0.5, 0.6) is 0 Å². The van der Waals surface area contributed by atoms with Crippen LogP contribution in [0.2, 0.25) is 5.02 Å². The van der Waals surface area contributed by atoms with Crippen molar-refractivity contribution in [2.45, 2.75) is 19.4 Å².